The zero-order chi connectivity index (χ0) is 30.9. The normalized spacial score (nSPS) is 19.2. The SMILES string of the molecule is Cc1ccc(C[C@H](CN2C[C@@H](C)N(CCc3ccc4ccccc4c3)C[C@@H]2CCCN(C)CCN(C)C)N(C)C)c(C)c1. The van der Waals surface area contributed by atoms with Gasteiger partial charge in [0.1, 0.15) is 0 Å². The van der Waals surface area contributed by atoms with Crippen molar-refractivity contribution in [1.82, 2.24) is 24.5 Å². The second kappa shape index (κ2) is 16.2. The summed E-state index contributed by atoms with van der Waals surface area (Å²) in [4.78, 5) is 12.9. The number of benzene rings is 3. The Morgan fingerprint density at radius 2 is 1.58 bits per heavy atom. The summed E-state index contributed by atoms with van der Waals surface area (Å²) in [5.41, 5.74) is 5.72. The van der Waals surface area contributed by atoms with Crippen molar-refractivity contribution in [2.24, 2.45) is 0 Å². The van der Waals surface area contributed by atoms with Crippen LogP contribution in [0.3, 0.4) is 0 Å². The van der Waals surface area contributed by atoms with Gasteiger partial charge in [0, 0.05) is 57.4 Å². The van der Waals surface area contributed by atoms with Gasteiger partial charge >= 0.3 is 0 Å². The monoisotopic (exact) mass is 585 g/mol. The molecule has 0 radical (unpaired) electrons. The molecular weight excluding hydrogens is 526 g/mol. The van der Waals surface area contributed by atoms with E-state index in [0.29, 0.717) is 18.1 Å². The van der Waals surface area contributed by atoms with Gasteiger partial charge in [-0.3, -0.25) is 9.80 Å². The molecular formula is C38H59N5. The molecule has 1 heterocycles. The lowest BCUT2D eigenvalue weighted by molar-refractivity contribution is 0.0166. The van der Waals surface area contributed by atoms with Crippen LogP contribution in [-0.2, 0) is 12.8 Å². The topological polar surface area (TPSA) is 16.2 Å². The van der Waals surface area contributed by atoms with Gasteiger partial charge in [0.15, 0.2) is 0 Å². The van der Waals surface area contributed by atoms with Crippen molar-refractivity contribution in [2.75, 3.05) is 81.1 Å². The largest absolute Gasteiger partial charge is 0.308 e. The first kappa shape index (κ1) is 33.6. The molecule has 3 atom stereocenters. The van der Waals surface area contributed by atoms with Gasteiger partial charge in [0.2, 0.25) is 0 Å². The Kier molecular flexibility index (Phi) is 12.6. The van der Waals surface area contributed by atoms with Gasteiger partial charge in [-0.2, -0.15) is 0 Å². The smallest absolute Gasteiger partial charge is 0.0257 e. The van der Waals surface area contributed by atoms with Crippen LogP contribution in [0.15, 0.2) is 60.7 Å². The highest BCUT2D eigenvalue weighted by Crippen LogP contribution is 2.23. The molecule has 3 aromatic carbocycles. The molecule has 43 heavy (non-hydrogen) atoms. The summed E-state index contributed by atoms with van der Waals surface area (Å²) < 4.78 is 0. The van der Waals surface area contributed by atoms with Crippen molar-refractivity contribution in [1.29, 1.82) is 0 Å². The number of fused-ring (bicyclic) bond motifs is 1. The minimum atomic E-state index is 0.503. The summed E-state index contributed by atoms with van der Waals surface area (Å²) in [5, 5.41) is 2.69. The van der Waals surface area contributed by atoms with Crippen LogP contribution in [0.4, 0.5) is 0 Å². The molecule has 0 aliphatic carbocycles. The third-order valence-electron chi connectivity index (χ3n) is 9.72. The van der Waals surface area contributed by atoms with E-state index < -0.39 is 0 Å². The summed E-state index contributed by atoms with van der Waals surface area (Å²) in [6, 6.07) is 24.4. The Bertz CT molecular complexity index is 1270. The van der Waals surface area contributed by atoms with Crippen LogP contribution in [-0.4, -0.2) is 124 Å². The summed E-state index contributed by atoms with van der Waals surface area (Å²) >= 11 is 0. The summed E-state index contributed by atoms with van der Waals surface area (Å²) in [6.45, 7) is 14.9. The third-order valence-corrected chi connectivity index (χ3v) is 9.72. The fourth-order valence-corrected chi connectivity index (χ4v) is 6.74. The molecule has 1 saturated heterocycles. The zero-order valence-corrected chi connectivity index (χ0v) is 28.5. The van der Waals surface area contributed by atoms with E-state index in [1.807, 2.05) is 0 Å². The maximum Gasteiger partial charge on any atom is 0.0257 e. The van der Waals surface area contributed by atoms with Crippen LogP contribution in [0.2, 0.25) is 0 Å². The Morgan fingerprint density at radius 3 is 2.30 bits per heavy atom. The Morgan fingerprint density at radius 1 is 0.814 bits per heavy atom. The molecule has 3 aromatic rings. The van der Waals surface area contributed by atoms with Gasteiger partial charge in [-0.15, -0.1) is 0 Å². The van der Waals surface area contributed by atoms with E-state index in [4.69, 9.17) is 0 Å². The first-order valence-corrected chi connectivity index (χ1v) is 16.6. The number of nitrogens with zero attached hydrogens (tertiary/aromatic N) is 5. The van der Waals surface area contributed by atoms with Gasteiger partial charge in [0.25, 0.3) is 0 Å². The van der Waals surface area contributed by atoms with Crippen LogP contribution in [0.5, 0.6) is 0 Å². The van der Waals surface area contributed by atoms with E-state index in [1.165, 1.54) is 59.0 Å². The van der Waals surface area contributed by atoms with Gasteiger partial charge < -0.3 is 14.7 Å². The standard InChI is InChI=1S/C38H59N5/c1-30-15-17-35(31(2)24-30)26-38(40(6)7)29-43-27-32(3)42(28-37(43)14-11-20-41(8)23-22-39(4)5)21-19-33-16-18-34-12-9-10-13-36(34)25-33/h9-10,12-13,15-18,24-25,32,37-38H,11,14,19-23,26-29H2,1-8H3/t32-,37+,38-/m1/s1. The van der Waals surface area contributed by atoms with Crippen molar-refractivity contribution >= 4 is 10.8 Å². The molecule has 0 spiro atoms. The second-order valence-corrected chi connectivity index (χ2v) is 13.9. The van der Waals surface area contributed by atoms with Gasteiger partial charge in [-0.1, -0.05) is 66.2 Å². The van der Waals surface area contributed by atoms with Gasteiger partial charge in [0.05, 0.1) is 0 Å². The van der Waals surface area contributed by atoms with Crippen LogP contribution >= 0.6 is 0 Å². The lowest BCUT2D eigenvalue weighted by Gasteiger charge is -2.47. The molecule has 1 aliphatic rings. The molecule has 0 aromatic heterocycles. The van der Waals surface area contributed by atoms with Crippen molar-refractivity contribution in [3.63, 3.8) is 0 Å². The number of likely N-dealkylation sites (N-methyl/N-ethyl adjacent to an activating group) is 3. The van der Waals surface area contributed by atoms with Crippen molar-refractivity contribution < 1.29 is 0 Å². The zero-order valence-electron chi connectivity index (χ0n) is 28.5. The highest BCUT2D eigenvalue weighted by atomic mass is 15.3. The van der Waals surface area contributed by atoms with Crippen LogP contribution < -0.4 is 0 Å². The van der Waals surface area contributed by atoms with Crippen LogP contribution in [0.1, 0.15) is 42.0 Å². The van der Waals surface area contributed by atoms with Crippen molar-refractivity contribution in [3.05, 3.63) is 82.9 Å². The summed E-state index contributed by atoms with van der Waals surface area (Å²) in [5.74, 6) is 0. The molecule has 0 unspecified atom stereocenters. The molecule has 236 valence electrons. The highest BCUT2D eigenvalue weighted by molar-refractivity contribution is 5.82. The predicted molar refractivity (Wildman–Crippen MR) is 186 cm³/mol. The van der Waals surface area contributed by atoms with Gasteiger partial charge in [-0.05, 0) is 116 Å². The Hall–Kier alpha value is -2.28. The van der Waals surface area contributed by atoms with E-state index >= 15 is 0 Å². The first-order chi connectivity index (χ1) is 20.6. The molecule has 5 nitrogen and oxygen atoms in total. The Balaban J connectivity index is 1.43. The van der Waals surface area contributed by atoms with E-state index in [-0.39, 0.29) is 0 Å². The molecule has 5 heteroatoms. The fraction of sp³-hybridized carbons (Fsp3) is 0.579. The molecule has 1 aliphatic heterocycles. The van der Waals surface area contributed by atoms with E-state index in [1.54, 1.807) is 0 Å². The minimum absolute atomic E-state index is 0.503. The molecule has 0 N–H and O–H groups in total. The Labute approximate surface area is 263 Å². The van der Waals surface area contributed by atoms with Gasteiger partial charge in [-0.25, -0.2) is 0 Å². The summed E-state index contributed by atoms with van der Waals surface area (Å²) in [7, 11) is 11.2. The quantitative estimate of drug-likeness (QED) is 0.223. The number of rotatable bonds is 15. The maximum absolute atomic E-state index is 2.85. The first-order valence-electron chi connectivity index (χ1n) is 16.6. The second-order valence-electron chi connectivity index (χ2n) is 13.9. The van der Waals surface area contributed by atoms with Crippen LogP contribution in [0, 0.1) is 13.8 Å². The van der Waals surface area contributed by atoms with E-state index in [0.717, 1.165) is 45.6 Å². The lowest BCUT2D eigenvalue weighted by Crippen LogP contribution is -2.60. The number of aryl methyl sites for hydroxylation is 2. The molecule has 1 fully saturated rings. The predicted octanol–water partition coefficient (Wildman–Crippen LogP) is 5.82. The fourth-order valence-electron chi connectivity index (χ4n) is 6.74. The third kappa shape index (κ3) is 10.1. The van der Waals surface area contributed by atoms with Crippen molar-refractivity contribution in [3.8, 4) is 0 Å². The molecule has 0 bridgehead atoms. The van der Waals surface area contributed by atoms with E-state index in [2.05, 4.69) is 141 Å². The average molecular weight is 586 g/mol. The number of piperazine rings is 1. The average Bonchev–Trinajstić information content (AvgIpc) is 2.97. The number of hydrogen-bond acceptors (Lipinski definition) is 5. The van der Waals surface area contributed by atoms with Crippen LogP contribution in [0.25, 0.3) is 10.8 Å². The van der Waals surface area contributed by atoms with Crippen molar-refractivity contribution in [2.45, 2.75) is 64.6 Å². The summed E-state index contributed by atoms with van der Waals surface area (Å²) in [6.07, 6.45) is 4.73. The molecule has 0 amide bonds. The maximum atomic E-state index is 2.85. The van der Waals surface area contributed by atoms with E-state index in [9.17, 15) is 0 Å². The molecule has 0 saturated carbocycles. The lowest BCUT2D eigenvalue weighted by atomic mass is 9.96. The minimum Gasteiger partial charge on any atom is -0.308 e. The number of hydrogen-bond donors (Lipinski definition) is 0. The highest BCUT2D eigenvalue weighted by Gasteiger charge is 2.33. The molecule has 4 rings (SSSR count).